The maximum absolute atomic E-state index is 9.08. The molecule has 4 nitrogen and oxygen atoms in total. The highest BCUT2D eigenvalue weighted by Crippen LogP contribution is 2.08. The molecule has 1 aromatic heterocycles. The van der Waals surface area contributed by atoms with Gasteiger partial charge in [-0.25, -0.2) is 13.0 Å². The van der Waals surface area contributed by atoms with Crippen LogP contribution in [0.3, 0.4) is 0 Å². The van der Waals surface area contributed by atoms with Gasteiger partial charge in [0, 0.05) is 24.3 Å². The topological polar surface area (TPSA) is 61.1 Å². The molecule has 0 saturated carbocycles. The highest BCUT2D eigenvalue weighted by molar-refractivity contribution is 7.84. The van der Waals surface area contributed by atoms with Gasteiger partial charge in [0.1, 0.15) is 6.54 Å². The third-order valence-electron chi connectivity index (χ3n) is 3.73. The van der Waals surface area contributed by atoms with E-state index in [4.69, 9.17) is 13.0 Å². The number of aryl methyl sites for hydroxylation is 2. The predicted molar refractivity (Wildman–Crippen MR) is 98.9 cm³/mol. The highest BCUT2D eigenvalue weighted by Gasteiger charge is 2.02. The molecule has 0 bridgehead atoms. The zero-order valence-corrected chi connectivity index (χ0v) is 16.5. The summed E-state index contributed by atoms with van der Waals surface area (Å²) in [6, 6.07) is 4.43. The number of hydrogen-bond donors (Lipinski definition) is 0. The van der Waals surface area contributed by atoms with Gasteiger partial charge < -0.3 is 4.55 Å². The molecule has 1 aromatic rings. The Balaban J connectivity index is 0.000000922. The highest BCUT2D eigenvalue weighted by atomic mass is 32.2. The molecular formula is C19H35NO3S. The van der Waals surface area contributed by atoms with Crippen molar-refractivity contribution in [1.29, 1.82) is 0 Å². The molecule has 0 aromatic carbocycles. The number of pyridine rings is 1. The quantitative estimate of drug-likeness (QED) is 0.338. The van der Waals surface area contributed by atoms with Gasteiger partial charge in [-0.1, -0.05) is 58.8 Å². The lowest BCUT2D eigenvalue weighted by molar-refractivity contribution is -0.697. The van der Waals surface area contributed by atoms with Crippen LogP contribution >= 0.6 is 0 Å². The van der Waals surface area contributed by atoms with Crippen molar-refractivity contribution in [2.24, 2.45) is 0 Å². The van der Waals surface area contributed by atoms with Gasteiger partial charge in [0.15, 0.2) is 12.4 Å². The lowest BCUT2D eigenvalue weighted by atomic mass is 10.1. The van der Waals surface area contributed by atoms with E-state index < -0.39 is 10.1 Å². The minimum absolute atomic E-state index is 0.604. The second-order valence-corrected chi connectivity index (χ2v) is 7.79. The van der Waals surface area contributed by atoms with Crippen LogP contribution in [0.5, 0.6) is 0 Å². The third-order valence-corrected chi connectivity index (χ3v) is 3.73. The van der Waals surface area contributed by atoms with Crippen LogP contribution in [-0.4, -0.2) is 19.2 Å². The summed E-state index contributed by atoms with van der Waals surface area (Å²) in [5.74, 6) is 0. The Bertz CT molecular complexity index is 507. The first-order valence-corrected chi connectivity index (χ1v) is 11.1. The van der Waals surface area contributed by atoms with E-state index >= 15 is 0 Å². The minimum Gasteiger partial charge on any atom is -0.748 e. The molecule has 0 unspecified atom stereocenters. The number of hydrogen-bond acceptors (Lipinski definition) is 3. The Morgan fingerprint density at radius 1 is 0.958 bits per heavy atom. The summed E-state index contributed by atoms with van der Waals surface area (Å²) >= 11 is 0. The van der Waals surface area contributed by atoms with Crippen molar-refractivity contribution in [3.63, 3.8) is 0 Å². The first kappa shape index (κ1) is 23.1. The molecule has 5 heteroatoms. The van der Waals surface area contributed by atoms with E-state index in [1.54, 1.807) is 0 Å². The summed E-state index contributed by atoms with van der Waals surface area (Å²) in [6.45, 7) is 5.71. The van der Waals surface area contributed by atoms with E-state index in [2.05, 4.69) is 42.9 Å². The van der Waals surface area contributed by atoms with Crippen LogP contribution < -0.4 is 4.57 Å². The summed E-state index contributed by atoms with van der Waals surface area (Å²) in [4.78, 5) is 0. The van der Waals surface area contributed by atoms with Crippen LogP contribution in [0.1, 0.15) is 77.2 Å². The van der Waals surface area contributed by atoms with Crippen LogP contribution in [0.4, 0.5) is 0 Å². The number of nitrogens with zero attached hydrogens (tertiary/aromatic N) is 1. The molecule has 140 valence electrons. The van der Waals surface area contributed by atoms with Gasteiger partial charge in [-0.3, -0.25) is 0 Å². The van der Waals surface area contributed by atoms with Crippen molar-refractivity contribution in [2.75, 3.05) is 6.26 Å². The fourth-order valence-electron chi connectivity index (χ4n) is 2.58. The summed E-state index contributed by atoms with van der Waals surface area (Å²) < 4.78 is 29.6. The maximum atomic E-state index is 9.08. The number of unbranched alkanes of at least 4 members (excludes halogenated alkanes) is 7. The fourth-order valence-corrected chi connectivity index (χ4v) is 2.58. The van der Waals surface area contributed by atoms with Crippen LogP contribution in [0.25, 0.3) is 0 Å². The van der Waals surface area contributed by atoms with Gasteiger partial charge in [0.2, 0.25) is 0 Å². The molecule has 0 radical (unpaired) electrons. The standard InChI is InChI=1S/C18H32N.CH4O3S/c1-3-5-6-7-8-9-10-11-15-19-16-12-14-18(17-19)13-4-2;1-5(2,3)4/h12,14,16-17H,3-11,13,15H2,1-2H3;1H3,(H,2,3,4)/q+1;/p-1. The van der Waals surface area contributed by atoms with Crippen molar-refractivity contribution in [3.8, 4) is 0 Å². The lowest BCUT2D eigenvalue weighted by Crippen LogP contribution is -2.33. The van der Waals surface area contributed by atoms with Crippen molar-refractivity contribution >= 4 is 10.1 Å². The van der Waals surface area contributed by atoms with E-state index in [1.165, 1.54) is 76.3 Å². The summed E-state index contributed by atoms with van der Waals surface area (Å²) in [5.41, 5.74) is 1.48. The van der Waals surface area contributed by atoms with Crippen LogP contribution in [-0.2, 0) is 23.1 Å². The molecule has 0 aliphatic carbocycles. The maximum Gasteiger partial charge on any atom is 0.171 e. The molecule has 0 aliphatic rings. The smallest absolute Gasteiger partial charge is 0.171 e. The second kappa shape index (κ2) is 14.4. The second-order valence-electron chi connectivity index (χ2n) is 6.38. The Kier molecular flexibility index (Phi) is 13.8. The lowest BCUT2D eigenvalue weighted by Gasteiger charge is -2.01. The predicted octanol–water partition coefficient (Wildman–Crippen LogP) is 4.23. The van der Waals surface area contributed by atoms with Crippen LogP contribution in [0.2, 0.25) is 0 Å². The molecule has 24 heavy (non-hydrogen) atoms. The average molecular weight is 358 g/mol. The molecular weight excluding hydrogens is 322 g/mol. The van der Waals surface area contributed by atoms with E-state index in [0.29, 0.717) is 6.26 Å². The van der Waals surface area contributed by atoms with Crippen molar-refractivity contribution in [1.82, 2.24) is 0 Å². The van der Waals surface area contributed by atoms with Gasteiger partial charge >= 0.3 is 0 Å². The van der Waals surface area contributed by atoms with Gasteiger partial charge in [-0.05, 0) is 18.9 Å². The summed E-state index contributed by atoms with van der Waals surface area (Å²) in [6.07, 6.45) is 18.8. The average Bonchev–Trinajstić information content (AvgIpc) is 2.49. The van der Waals surface area contributed by atoms with E-state index in [1.807, 2.05) is 0 Å². The van der Waals surface area contributed by atoms with Crippen LogP contribution in [0.15, 0.2) is 24.5 Å². The Morgan fingerprint density at radius 3 is 2.04 bits per heavy atom. The molecule has 0 atom stereocenters. The normalized spacial score (nSPS) is 11.0. The summed E-state index contributed by atoms with van der Waals surface area (Å²) in [5, 5.41) is 0. The number of aromatic nitrogens is 1. The molecule has 0 saturated heterocycles. The molecule has 0 N–H and O–H groups in total. The van der Waals surface area contributed by atoms with Crippen molar-refractivity contribution in [2.45, 2.75) is 84.6 Å². The van der Waals surface area contributed by atoms with Gasteiger partial charge in [-0.15, -0.1) is 0 Å². The van der Waals surface area contributed by atoms with E-state index in [-0.39, 0.29) is 0 Å². The molecule has 1 rings (SSSR count). The Labute approximate surface area is 149 Å². The molecule has 0 amide bonds. The molecule has 0 fully saturated rings. The van der Waals surface area contributed by atoms with Crippen molar-refractivity contribution in [3.05, 3.63) is 30.1 Å². The summed E-state index contributed by atoms with van der Waals surface area (Å²) in [7, 11) is -3.92. The molecule has 0 spiro atoms. The zero-order chi connectivity index (χ0) is 18.3. The van der Waals surface area contributed by atoms with Gasteiger partial charge in [0.05, 0.1) is 10.1 Å². The van der Waals surface area contributed by atoms with Crippen LogP contribution in [0, 0.1) is 0 Å². The van der Waals surface area contributed by atoms with Crippen molar-refractivity contribution < 1.29 is 17.5 Å². The third kappa shape index (κ3) is 17.4. The van der Waals surface area contributed by atoms with Gasteiger partial charge in [0.25, 0.3) is 0 Å². The molecule has 0 aliphatic heterocycles. The Hall–Kier alpha value is -0.940. The monoisotopic (exact) mass is 357 g/mol. The largest absolute Gasteiger partial charge is 0.748 e. The first-order valence-electron chi connectivity index (χ1n) is 9.25. The fraction of sp³-hybridized carbons (Fsp3) is 0.737. The minimum atomic E-state index is -3.92. The molecule has 1 heterocycles. The number of rotatable bonds is 11. The van der Waals surface area contributed by atoms with Gasteiger partial charge in [-0.2, -0.15) is 0 Å². The Morgan fingerprint density at radius 2 is 1.50 bits per heavy atom. The van der Waals surface area contributed by atoms with E-state index in [0.717, 1.165) is 0 Å². The first-order chi connectivity index (χ1) is 11.4. The SMILES string of the molecule is CCCCCCCCCC[n+]1cccc(CCC)c1.CS(=O)(=O)[O-]. The van der Waals surface area contributed by atoms with E-state index in [9.17, 15) is 0 Å². The zero-order valence-electron chi connectivity index (χ0n) is 15.7.